The van der Waals surface area contributed by atoms with E-state index < -0.39 is 5.60 Å². The highest BCUT2D eigenvalue weighted by Crippen LogP contribution is 2.28. The lowest BCUT2D eigenvalue weighted by Crippen LogP contribution is -2.24. The van der Waals surface area contributed by atoms with Crippen molar-refractivity contribution in [3.05, 3.63) is 77.7 Å². The van der Waals surface area contributed by atoms with Gasteiger partial charge < -0.3 is 5.11 Å². The fraction of sp³-hybridized carbons (Fsp3) is 0.167. The number of para-hydroxylation sites is 1. The summed E-state index contributed by atoms with van der Waals surface area (Å²) in [5.74, 6) is -0.302. The highest BCUT2D eigenvalue weighted by Gasteiger charge is 2.24. The molecule has 3 rings (SSSR count). The van der Waals surface area contributed by atoms with E-state index in [-0.39, 0.29) is 5.82 Å². The number of nitrogens with zero attached hydrogens (tertiary/aromatic N) is 1. The van der Waals surface area contributed by atoms with Crippen LogP contribution in [0.4, 0.5) is 4.39 Å². The molecule has 1 N–H and O–H groups in total. The second kappa shape index (κ2) is 5.26. The van der Waals surface area contributed by atoms with Gasteiger partial charge in [0.2, 0.25) is 0 Å². The van der Waals surface area contributed by atoms with Crippen LogP contribution in [0.2, 0.25) is 0 Å². The molecule has 1 heterocycles. The van der Waals surface area contributed by atoms with Crippen LogP contribution >= 0.6 is 0 Å². The van der Waals surface area contributed by atoms with Gasteiger partial charge in [0.15, 0.2) is 0 Å². The molecule has 0 aliphatic heterocycles. The summed E-state index contributed by atoms with van der Waals surface area (Å²) in [5, 5.41) is 11.8. The molecular weight excluding hydrogens is 265 g/mol. The fourth-order valence-corrected chi connectivity index (χ4v) is 2.59. The number of hydrogen-bond acceptors (Lipinski definition) is 2. The van der Waals surface area contributed by atoms with Crippen LogP contribution in [-0.4, -0.2) is 10.1 Å². The summed E-state index contributed by atoms with van der Waals surface area (Å²) in [6.07, 6.45) is 2.19. The van der Waals surface area contributed by atoms with Gasteiger partial charge in [0.25, 0.3) is 0 Å². The number of pyridine rings is 1. The predicted molar refractivity (Wildman–Crippen MR) is 81.4 cm³/mol. The van der Waals surface area contributed by atoms with Gasteiger partial charge in [-0.1, -0.05) is 30.3 Å². The molecule has 106 valence electrons. The molecule has 0 aliphatic rings. The lowest BCUT2D eigenvalue weighted by Gasteiger charge is -2.24. The Morgan fingerprint density at radius 1 is 1.05 bits per heavy atom. The topological polar surface area (TPSA) is 33.1 Å². The number of rotatable bonds is 3. The molecular formula is C18H16FNO. The van der Waals surface area contributed by atoms with Crippen molar-refractivity contribution in [3.63, 3.8) is 0 Å². The molecule has 0 radical (unpaired) electrons. The summed E-state index contributed by atoms with van der Waals surface area (Å²) >= 11 is 0. The maximum Gasteiger partial charge on any atom is 0.123 e. The predicted octanol–water partition coefficient (Wildman–Crippen LogP) is 3.82. The van der Waals surface area contributed by atoms with Crippen molar-refractivity contribution in [2.45, 2.75) is 18.9 Å². The Hall–Kier alpha value is -2.26. The second-order valence-electron chi connectivity index (χ2n) is 5.44. The van der Waals surface area contributed by atoms with E-state index in [9.17, 15) is 9.50 Å². The van der Waals surface area contributed by atoms with Crippen molar-refractivity contribution in [1.82, 2.24) is 4.98 Å². The number of aromatic nitrogens is 1. The number of hydrogen-bond donors (Lipinski definition) is 1. The normalized spacial score (nSPS) is 14.0. The Labute approximate surface area is 122 Å². The zero-order valence-electron chi connectivity index (χ0n) is 11.8. The van der Waals surface area contributed by atoms with E-state index in [4.69, 9.17) is 0 Å². The molecule has 0 aliphatic carbocycles. The highest BCUT2D eigenvalue weighted by atomic mass is 19.1. The van der Waals surface area contributed by atoms with Crippen LogP contribution in [0.25, 0.3) is 10.9 Å². The van der Waals surface area contributed by atoms with Crippen LogP contribution in [0.3, 0.4) is 0 Å². The van der Waals surface area contributed by atoms with Gasteiger partial charge in [0, 0.05) is 18.0 Å². The smallest absolute Gasteiger partial charge is 0.123 e. The van der Waals surface area contributed by atoms with Crippen molar-refractivity contribution in [2.75, 3.05) is 0 Å². The van der Waals surface area contributed by atoms with Crippen molar-refractivity contribution < 1.29 is 9.50 Å². The lowest BCUT2D eigenvalue weighted by molar-refractivity contribution is 0.0579. The van der Waals surface area contributed by atoms with Crippen LogP contribution < -0.4 is 0 Å². The Balaban J connectivity index is 1.99. The third-order valence-electron chi connectivity index (χ3n) is 3.74. The summed E-state index contributed by atoms with van der Waals surface area (Å²) in [4.78, 5) is 4.32. The molecule has 2 aromatic carbocycles. The Bertz CT molecular complexity index is 760. The fourth-order valence-electron chi connectivity index (χ4n) is 2.59. The third-order valence-corrected chi connectivity index (χ3v) is 3.74. The van der Waals surface area contributed by atoms with E-state index in [0.29, 0.717) is 12.0 Å². The minimum atomic E-state index is -1.06. The molecule has 0 bridgehead atoms. The molecule has 1 aromatic heterocycles. The van der Waals surface area contributed by atoms with Crippen LogP contribution in [0.15, 0.2) is 60.8 Å². The van der Waals surface area contributed by atoms with Gasteiger partial charge >= 0.3 is 0 Å². The van der Waals surface area contributed by atoms with E-state index in [1.165, 1.54) is 12.1 Å². The van der Waals surface area contributed by atoms with Crippen molar-refractivity contribution in [2.24, 2.45) is 0 Å². The van der Waals surface area contributed by atoms with Gasteiger partial charge in [0.05, 0.1) is 11.1 Å². The standard InChI is InChI=1S/C18H16FNO/c1-18(21,14-6-8-15(19)9-7-14)12-13-10-11-20-17-5-3-2-4-16(13)17/h2-11,21H,12H2,1H3. The van der Waals surface area contributed by atoms with Crippen LogP contribution in [-0.2, 0) is 12.0 Å². The zero-order chi connectivity index (χ0) is 14.9. The molecule has 2 nitrogen and oxygen atoms in total. The summed E-state index contributed by atoms with van der Waals surface area (Å²) in [6, 6.07) is 15.8. The van der Waals surface area contributed by atoms with Crippen molar-refractivity contribution in [3.8, 4) is 0 Å². The average molecular weight is 281 g/mol. The third kappa shape index (κ3) is 2.78. The minimum Gasteiger partial charge on any atom is -0.385 e. The van der Waals surface area contributed by atoms with Gasteiger partial charge in [-0.15, -0.1) is 0 Å². The summed E-state index contributed by atoms with van der Waals surface area (Å²) in [5.41, 5.74) is 1.57. The highest BCUT2D eigenvalue weighted by molar-refractivity contribution is 5.81. The van der Waals surface area contributed by atoms with E-state index in [0.717, 1.165) is 16.5 Å². The average Bonchev–Trinajstić information content (AvgIpc) is 2.48. The first-order chi connectivity index (χ1) is 10.1. The summed E-state index contributed by atoms with van der Waals surface area (Å²) < 4.78 is 13.0. The number of fused-ring (bicyclic) bond motifs is 1. The quantitative estimate of drug-likeness (QED) is 0.791. The largest absolute Gasteiger partial charge is 0.385 e. The number of aliphatic hydroxyl groups is 1. The van der Waals surface area contributed by atoms with Gasteiger partial charge in [-0.2, -0.15) is 0 Å². The lowest BCUT2D eigenvalue weighted by atomic mass is 9.88. The van der Waals surface area contributed by atoms with Crippen LogP contribution in [0.5, 0.6) is 0 Å². The van der Waals surface area contributed by atoms with Crippen LogP contribution in [0.1, 0.15) is 18.1 Å². The van der Waals surface area contributed by atoms with E-state index in [1.807, 2.05) is 30.3 Å². The minimum absolute atomic E-state index is 0.302. The van der Waals surface area contributed by atoms with Crippen molar-refractivity contribution in [1.29, 1.82) is 0 Å². The van der Waals surface area contributed by atoms with Gasteiger partial charge in [-0.05, 0) is 42.3 Å². The Morgan fingerprint density at radius 3 is 2.52 bits per heavy atom. The van der Waals surface area contributed by atoms with Gasteiger partial charge in [-0.25, -0.2) is 4.39 Å². The monoisotopic (exact) mass is 281 g/mol. The molecule has 21 heavy (non-hydrogen) atoms. The zero-order valence-corrected chi connectivity index (χ0v) is 11.8. The van der Waals surface area contributed by atoms with E-state index in [2.05, 4.69) is 4.98 Å². The molecule has 0 spiro atoms. The first-order valence-electron chi connectivity index (χ1n) is 6.87. The molecule has 0 fully saturated rings. The van der Waals surface area contributed by atoms with Crippen molar-refractivity contribution >= 4 is 10.9 Å². The molecule has 0 saturated carbocycles. The maximum atomic E-state index is 13.0. The first kappa shape index (κ1) is 13.7. The second-order valence-corrected chi connectivity index (χ2v) is 5.44. The molecule has 1 atom stereocenters. The number of halogens is 1. The maximum absolute atomic E-state index is 13.0. The molecule has 3 aromatic rings. The summed E-state index contributed by atoms with van der Waals surface area (Å²) in [7, 11) is 0. The molecule has 3 heteroatoms. The molecule has 0 saturated heterocycles. The summed E-state index contributed by atoms with van der Waals surface area (Å²) in [6.45, 7) is 1.75. The van der Waals surface area contributed by atoms with Gasteiger partial charge in [-0.3, -0.25) is 4.98 Å². The SMILES string of the molecule is CC(O)(Cc1ccnc2ccccc12)c1ccc(F)cc1. The first-order valence-corrected chi connectivity index (χ1v) is 6.87. The molecule has 0 amide bonds. The van der Waals surface area contributed by atoms with E-state index >= 15 is 0 Å². The number of benzene rings is 2. The van der Waals surface area contributed by atoms with Crippen LogP contribution in [0, 0.1) is 5.82 Å². The molecule has 1 unspecified atom stereocenters. The van der Waals surface area contributed by atoms with Gasteiger partial charge in [0.1, 0.15) is 5.82 Å². The Kier molecular flexibility index (Phi) is 3.43. The Morgan fingerprint density at radius 2 is 1.76 bits per heavy atom. The van der Waals surface area contributed by atoms with E-state index in [1.54, 1.807) is 25.3 Å².